The van der Waals surface area contributed by atoms with Crippen LogP contribution < -0.4 is 11.1 Å². The quantitative estimate of drug-likeness (QED) is 0.739. The lowest BCUT2D eigenvalue weighted by Gasteiger charge is -2.13. The summed E-state index contributed by atoms with van der Waals surface area (Å²) in [6.07, 6.45) is 3.18. The minimum atomic E-state index is -1.29. The standard InChI is InChI=1S/C13H12FN3O2/c1-7-4-5-16-6-10(7)17-9-3-2-8(14)12(15)11(9)13(18)19/h2-6,17H,15H2,1H3,(H,18,19). The number of anilines is 3. The molecule has 98 valence electrons. The molecule has 0 amide bonds. The molecule has 0 radical (unpaired) electrons. The van der Waals surface area contributed by atoms with Crippen LogP contribution in [0.4, 0.5) is 21.5 Å². The monoisotopic (exact) mass is 261 g/mol. The SMILES string of the molecule is Cc1ccncc1Nc1ccc(F)c(N)c1C(=O)O. The Morgan fingerprint density at radius 2 is 2.11 bits per heavy atom. The van der Waals surface area contributed by atoms with Crippen LogP contribution in [0.1, 0.15) is 15.9 Å². The number of aromatic nitrogens is 1. The van der Waals surface area contributed by atoms with E-state index in [0.717, 1.165) is 11.6 Å². The van der Waals surface area contributed by atoms with Crippen molar-refractivity contribution < 1.29 is 14.3 Å². The van der Waals surface area contributed by atoms with Crippen LogP contribution in [0.5, 0.6) is 0 Å². The Labute approximate surface area is 108 Å². The Bertz CT molecular complexity index is 644. The Morgan fingerprint density at radius 3 is 2.74 bits per heavy atom. The Balaban J connectivity index is 2.49. The number of hydrogen-bond acceptors (Lipinski definition) is 4. The van der Waals surface area contributed by atoms with Gasteiger partial charge in [-0.15, -0.1) is 0 Å². The molecule has 0 aliphatic heterocycles. The zero-order valence-corrected chi connectivity index (χ0v) is 10.1. The van der Waals surface area contributed by atoms with Crippen LogP contribution in [0.15, 0.2) is 30.6 Å². The molecule has 0 bridgehead atoms. The number of nitrogens with two attached hydrogens (primary N) is 1. The number of hydrogen-bond donors (Lipinski definition) is 3. The van der Waals surface area contributed by atoms with E-state index in [-0.39, 0.29) is 16.9 Å². The van der Waals surface area contributed by atoms with Crippen LogP contribution in [0.25, 0.3) is 0 Å². The molecule has 6 heteroatoms. The van der Waals surface area contributed by atoms with Crippen molar-refractivity contribution in [1.29, 1.82) is 0 Å². The summed E-state index contributed by atoms with van der Waals surface area (Å²) in [6, 6.07) is 4.23. The van der Waals surface area contributed by atoms with E-state index < -0.39 is 11.8 Å². The van der Waals surface area contributed by atoms with Gasteiger partial charge in [0.25, 0.3) is 0 Å². The molecule has 0 saturated heterocycles. The molecule has 2 aromatic rings. The van der Waals surface area contributed by atoms with Crippen molar-refractivity contribution in [3.05, 3.63) is 47.5 Å². The second kappa shape index (κ2) is 4.93. The molecule has 2 rings (SSSR count). The number of nitrogens with zero attached hydrogens (tertiary/aromatic N) is 1. The minimum absolute atomic E-state index is 0.225. The third-order valence-electron chi connectivity index (χ3n) is 2.71. The summed E-state index contributed by atoms with van der Waals surface area (Å²) < 4.78 is 13.3. The van der Waals surface area contributed by atoms with Gasteiger partial charge in [0, 0.05) is 6.20 Å². The van der Waals surface area contributed by atoms with Gasteiger partial charge >= 0.3 is 5.97 Å². The number of carboxylic acid groups (broad SMARTS) is 1. The van der Waals surface area contributed by atoms with Crippen LogP contribution in [0, 0.1) is 12.7 Å². The molecule has 0 aliphatic carbocycles. The van der Waals surface area contributed by atoms with Crippen molar-refractivity contribution in [1.82, 2.24) is 4.98 Å². The predicted octanol–water partition coefficient (Wildman–Crippen LogP) is 2.55. The van der Waals surface area contributed by atoms with Gasteiger partial charge in [-0.05, 0) is 30.7 Å². The maximum absolute atomic E-state index is 13.3. The van der Waals surface area contributed by atoms with E-state index in [9.17, 15) is 9.18 Å². The highest BCUT2D eigenvalue weighted by Crippen LogP contribution is 2.28. The zero-order chi connectivity index (χ0) is 14.0. The third-order valence-corrected chi connectivity index (χ3v) is 2.71. The average Bonchev–Trinajstić information content (AvgIpc) is 2.36. The van der Waals surface area contributed by atoms with Gasteiger partial charge in [-0.2, -0.15) is 0 Å². The second-order valence-corrected chi connectivity index (χ2v) is 4.00. The first kappa shape index (κ1) is 12.8. The number of halogens is 1. The molecule has 1 aromatic heterocycles. The normalized spacial score (nSPS) is 10.2. The van der Waals surface area contributed by atoms with Crippen molar-refractivity contribution in [3.63, 3.8) is 0 Å². The summed E-state index contributed by atoms with van der Waals surface area (Å²) in [7, 11) is 0. The largest absolute Gasteiger partial charge is 0.478 e. The number of rotatable bonds is 3. The fraction of sp³-hybridized carbons (Fsp3) is 0.0769. The smallest absolute Gasteiger partial charge is 0.340 e. The van der Waals surface area contributed by atoms with Crippen LogP contribution in [0.2, 0.25) is 0 Å². The summed E-state index contributed by atoms with van der Waals surface area (Å²) in [5.74, 6) is -2.05. The molecule has 4 N–H and O–H groups in total. The highest BCUT2D eigenvalue weighted by Gasteiger charge is 2.17. The van der Waals surface area contributed by atoms with Crippen LogP contribution in [0.3, 0.4) is 0 Å². The highest BCUT2D eigenvalue weighted by molar-refractivity contribution is 6.00. The molecule has 1 aromatic carbocycles. The lowest BCUT2D eigenvalue weighted by Crippen LogP contribution is -2.09. The summed E-state index contributed by atoms with van der Waals surface area (Å²) in [5.41, 5.74) is 6.53. The average molecular weight is 261 g/mol. The first-order valence-corrected chi connectivity index (χ1v) is 5.49. The third kappa shape index (κ3) is 2.47. The van der Waals surface area contributed by atoms with Gasteiger partial charge in [0.05, 0.1) is 23.3 Å². The predicted molar refractivity (Wildman–Crippen MR) is 70.0 cm³/mol. The summed E-state index contributed by atoms with van der Waals surface area (Å²) in [4.78, 5) is 15.1. The number of nitrogen functional groups attached to an aromatic ring is 1. The highest BCUT2D eigenvalue weighted by atomic mass is 19.1. The van der Waals surface area contributed by atoms with Crippen molar-refractivity contribution in [2.45, 2.75) is 6.92 Å². The number of aryl methyl sites for hydroxylation is 1. The van der Waals surface area contributed by atoms with E-state index in [1.807, 2.05) is 6.92 Å². The second-order valence-electron chi connectivity index (χ2n) is 4.00. The molecule has 0 fully saturated rings. The van der Waals surface area contributed by atoms with Crippen LogP contribution in [-0.4, -0.2) is 16.1 Å². The molecular weight excluding hydrogens is 249 g/mol. The molecule has 1 heterocycles. The Kier molecular flexibility index (Phi) is 3.33. The Hall–Kier alpha value is -2.63. The van der Waals surface area contributed by atoms with Gasteiger partial charge in [0.15, 0.2) is 0 Å². The van der Waals surface area contributed by atoms with Gasteiger partial charge in [-0.1, -0.05) is 0 Å². The lowest BCUT2D eigenvalue weighted by molar-refractivity contribution is 0.0698. The van der Waals surface area contributed by atoms with E-state index in [4.69, 9.17) is 10.8 Å². The van der Waals surface area contributed by atoms with E-state index in [1.165, 1.54) is 6.07 Å². The zero-order valence-electron chi connectivity index (χ0n) is 10.1. The minimum Gasteiger partial charge on any atom is -0.478 e. The number of aromatic carboxylic acids is 1. The van der Waals surface area contributed by atoms with E-state index in [1.54, 1.807) is 18.5 Å². The molecule has 0 saturated carbocycles. The van der Waals surface area contributed by atoms with Crippen molar-refractivity contribution in [2.75, 3.05) is 11.1 Å². The molecule has 5 nitrogen and oxygen atoms in total. The lowest BCUT2D eigenvalue weighted by atomic mass is 10.1. The van der Waals surface area contributed by atoms with Crippen molar-refractivity contribution >= 4 is 23.0 Å². The van der Waals surface area contributed by atoms with Crippen LogP contribution in [-0.2, 0) is 0 Å². The summed E-state index contributed by atoms with van der Waals surface area (Å²) >= 11 is 0. The topological polar surface area (TPSA) is 88.2 Å². The fourth-order valence-corrected chi connectivity index (χ4v) is 1.67. The molecule has 0 unspecified atom stereocenters. The van der Waals surface area contributed by atoms with Gasteiger partial charge in [-0.3, -0.25) is 4.98 Å². The molecule has 0 aliphatic rings. The fourth-order valence-electron chi connectivity index (χ4n) is 1.67. The van der Waals surface area contributed by atoms with Gasteiger partial charge in [0.2, 0.25) is 0 Å². The summed E-state index contributed by atoms with van der Waals surface area (Å²) in [6.45, 7) is 1.84. The number of benzene rings is 1. The first-order valence-electron chi connectivity index (χ1n) is 5.49. The van der Waals surface area contributed by atoms with Gasteiger partial charge in [-0.25, -0.2) is 9.18 Å². The summed E-state index contributed by atoms with van der Waals surface area (Å²) in [5, 5.41) is 12.0. The van der Waals surface area contributed by atoms with E-state index in [2.05, 4.69) is 10.3 Å². The molecule has 0 spiro atoms. The van der Waals surface area contributed by atoms with E-state index >= 15 is 0 Å². The molecular formula is C13H12FN3O2. The number of carbonyl (C=O) groups is 1. The maximum atomic E-state index is 13.3. The molecule has 0 atom stereocenters. The Morgan fingerprint density at radius 1 is 1.37 bits per heavy atom. The van der Waals surface area contributed by atoms with Gasteiger partial charge in [0.1, 0.15) is 11.4 Å². The van der Waals surface area contributed by atoms with E-state index in [0.29, 0.717) is 5.69 Å². The molecule has 19 heavy (non-hydrogen) atoms. The number of pyridine rings is 1. The number of nitrogens with one attached hydrogen (secondary N) is 1. The first-order chi connectivity index (χ1) is 9.00. The number of carboxylic acids is 1. The van der Waals surface area contributed by atoms with Crippen molar-refractivity contribution in [2.24, 2.45) is 0 Å². The van der Waals surface area contributed by atoms with Gasteiger partial charge < -0.3 is 16.2 Å². The maximum Gasteiger partial charge on any atom is 0.340 e. The van der Waals surface area contributed by atoms with Crippen molar-refractivity contribution in [3.8, 4) is 0 Å². The van der Waals surface area contributed by atoms with Crippen LogP contribution >= 0.6 is 0 Å².